The number of rotatable bonds is 5. The number of carbonyl (C=O) groups is 1. The molecule has 1 amide bonds. The van der Waals surface area contributed by atoms with E-state index in [1.54, 1.807) is 31.0 Å². The van der Waals surface area contributed by atoms with Gasteiger partial charge in [0.05, 0.1) is 23.0 Å². The number of benzene rings is 1. The molecule has 0 saturated carbocycles. The number of alkyl halides is 2. The number of hydrogen-bond donors (Lipinski definition) is 1. The van der Waals surface area contributed by atoms with E-state index in [-0.39, 0.29) is 29.0 Å². The van der Waals surface area contributed by atoms with Crippen molar-refractivity contribution >= 4 is 22.6 Å². The van der Waals surface area contributed by atoms with Crippen molar-refractivity contribution in [2.24, 2.45) is 7.05 Å². The van der Waals surface area contributed by atoms with E-state index in [1.807, 2.05) is 32.0 Å². The number of anilines is 1. The zero-order valence-corrected chi connectivity index (χ0v) is 17.6. The molecule has 31 heavy (non-hydrogen) atoms. The van der Waals surface area contributed by atoms with Crippen LogP contribution in [0.1, 0.15) is 28.8 Å². The molecule has 160 valence electrons. The van der Waals surface area contributed by atoms with Gasteiger partial charge in [-0.15, -0.1) is 0 Å². The largest absolute Gasteiger partial charge is 0.324 e. The summed E-state index contributed by atoms with van der Waals surface area (Å²) < 4.78 is 30.6. The number of pyridine rings is 1. The van der Waals surface area contributed by atoms with Crippen molar-refractivity contribution in [1.82, 2.24) is 24.5 Å². The molecule has 0 radical (unpaired) electrons. The van der Waals surface area contributed by atoms with Crippen molar-refractivity contribution in [2.45, 2.75) is 33.7 Å². The molecular weight excluding hydrogens is 402 g/mol. The lowest BCUT2D eigenvalue weighted by molar-refractivity contribution is -0.116. The lowest BCUT2D eigenvalue weighted by Gasteiger charge is -2.09. The minimum Gasteiger partial charge on any atom is -0.324 e. The molecule has 0 spiro atoms. The zero-order valence-electron chi connectivity index (χ0n) is 17.6. The average molecular weight is 424 g/mol. The number of nitrogens with one attached hydrogen (secondary N) is 1. The van der Waals surface area contributed by atoms with Crippen LogP contribution in [-0.2, 0) is 18.4 Å². The molecule has 3 heterocycles. The Labute approximate surface area is 177 Å². The first-order valence-electron chi connectivity index (χ1n) is 9.75. The first kappa shape index (κ1) is 20.6. The summed E-state index contributed by atoms with van der Waals surface area (Å²) in [5.41, 5.74) is 4.28. The van der Waals surface area contributed by atoms with Crippen LogP contribution in [-0.4, -0.2) is 30.5 Å². The summed E-state index contributed by atoms with van der Waals surface area (Å²) in [6.07, 6.45) is 0.550. The van der Waals surface area contributed by atoms with Crippen molar-refractivity contribution < 1.29 is 13.6 Å². The molecule has 0 aliphatic heterocycles. The second-order valence-corrected chi connectivity index (χ2v) is 7.59. The van der Waals surface area contributed by atoms with Gasteiger partial charge in [-0.25, -0.2) is 18.4 Å². The Morgan fingerprint density at radius 1 is 1.16 bits per heavy atom. The van der Waals surface area contributed by atoms with Crippen molar-refractivity contribution in [3.63, 3.8) is 0 Å². The highest BCUT2D eigenvalue weighted by Gasteiger charge is 2.22. The molecule has 0 aliphatic rings. The van der Waals surface area contributed by atoms with Gasteiger partial charge in [0.25, 0.3) is 6.43 Å². The molecule has 0 atom stereocenters. The summed E-state index contributed by atoms with van der Waals surface area (Å²) >= 11 is 0. The Balaban J connectivity index is 1.72. The van der Waals surface area contributed by atoms with Crippen LogP contribution >= 0.6 is 0 Å². The van der Waals surface area contributed by atoms with Crippen LogP contribution in [0.4, 0.5) is 14.5 Å². The molecule has 0 unspecified atom stereocenters. The van der Waals surface area contributed by atoms with Gasteiger partial charge in [-0.1, -0.05) is 6.07 Å². The van der Waals surface area contributed by atoms with E-state index in [0.29, 0.717) is 22.6 Å². The van der Waals surface area contributed by atoms with E-state index < -0.39 is 6.43 Å². The smallest absolute Gasteiger partial charge is 0.264 e. The number of nitrogens with zero attached hydrogens (tertiary/aromatic N) is 5. The lowest BCUT2D eigenvalue weighted by atomic mass is 10.1. The third kappa shape index (κ3) is 4.03. The number of carbonyl (C=O) groups excluding carboxylic acids is 1. The summed E-state index contributed by atoms with van der Waals surface area (Å²) in [6.45, 7) is 5.44. The fourth-order valence-corrected chi connectivity index (χ4v) is 3.53. The maximum absolute atomic E-state index is 13.8. The standard InChI is InChI=1S/C22H22F2N6O/c1-12-5-6-16(7-13(12)2)26-19(31)11-30-22-20(14(3)28-30)17(21(23)24)8-18(27-22)15-9-25-29(4)10-15/h5-10,21H,11H2,1-4H3,(H,26,31). The van der Waals surface area contributed by atoms with Crippen LogP contribution in [0.5, 0.6) is 0 Å². The molecule has 3 aromatic heterocycles. The first-order valence-corrected chi connectivity index (χ1v) is 9.75. The molecule has 0 bridgehead atoms. The topological polar surface area (TPSA) is 77.6 Å². The quantitative estimate of drug-likeness (QED) is 0.517. The molecule has 0 saturated heterocycles. The zero-order chi connectivity index (χ0) is 22.3. The van der Waals surface area contributed by atoms with Crippen molar-refractivity contribution in [2.75, 3.05) is 5.32 Å². The number of aromatic nitrogens is 5. The van der Waals surface area contributed by atoms with Crippen LogP contribution in [0.15, 0.2) is 36.7 Å². The monoisotopic (exact) mass is 424 g/mol. The van der Waals surface area contributed by atoms with Crippen molar-refractivity contribution in [1.29, 1.82) is 0 Å². The van der Waals surface area contributed by atoms with Crippen LogP contribution in [0.3, 0.4) is 0 Å². The molecule has 4 aromatic rings. The van der Waals surface area contributed by atoms with Crippen molar-refractivity contribution in [3.8, 4) is 11.3 Å². The maximum Gasteiger partial charge on any atom is 0.264 e. The lowest BCUT2D eigenvalue weighted by Crippen LogP contribution is -2.20. The minimum absolute atomic E-state index is 0.149. The van der Waals surface area contributed by atoms with Crippen LogP contribution in [0.2, 0.25) is 0 Å². The van der Waals surface area contributed by atoms with Gasteiger partial charge in [0.2, 0.25) is 5.91 Å². The Morgan fingerprint density at radius 3 is 2.58 bits per heavy atom. The highest BCUT2D eigenvalue weighted by Crippen LogP contribution is 2.33. The molecule has 9 heteroatoms. The number of halogens is 2. The van der Waals surface area contributed by atoms with E-state index in [2.05, 4.69) is 20.5 Å². The third-order valence-electron chi connectivity index (χ3n) is 5.23. The Bertz CT molecular complexity index is 1290. The number of fused-ring (bicyclic) bond motifs is 1. The summed E-state index contributed by atoms with van der Waals surface area (Å²) in [5.74, 6) is -0.320. The second kappa shape index (κ2) is 7.90. The Morgan fingerprint density at radius 2 is 1.94 bits per heavy atom. The van der Waals surface area contributed by atoms with Gasteiger partial charge in [0, 0.05) is 30.1 Å². The van der Waals surface area contributed by atoms with E-state index in [0.717, 1.165) is 11.1 Å². The molecule has 1 N–H and O–H groups in total. The minimum atomic E-state index is -2.71. The predicted molar refractivity (Wildman–Crippen MR) is 114 cm³/mol. The molecule has 1 aromatic carbocycles. The van der Waals surface area contributed by atoms with Gasteiger partial charge in [-0.2, -0.15) is 10.2 Å². The number of hydrogen-bond acceptors (Lipinski definition) is 4. The number of amides is 1. The first-order chi connectivity index (χ1) is 14.7. The van der Waals surface area contributed by atoms with Crippen LogP contribution < -0.4 is 5.32 Å². The maximum atomic E-state index is 13.8. The van der Waals surface area contributed by atoms with Gasteiger partial charge in [0.1, 0.15) is 6.54 Å². The highest BCUT2D eigenvalue weighted by molar-refractivity contribution is 5.92. The van der Waals surface area contributed by atoms with E-state index in [4.69, 9.17) is 0 Å². The van der Waals surface area contributed by atoms with E-state index in [9.17, 15) is 13.6 Å². The van der Waals surface area contributed by atoms with Gasteiger partial charge in [-0.3, -0.25) is 9.48 Å². The summed E-state index contributed by atoms with van der Waals surface area (Å²) in [4.78, 5) is 17.2. The van der Waals surface area contributed by atoms with Gasteiger partial charge in [0.15, 0.2) is 5.65 Å². The molecule has 7 nitrogen and oxygen atoms in total. The van der Waals surface area contributed by atoms with Crippen molar-refractivity contribution in [3.05, 3.63) is 59.0 Å². The summed E-state index contributed by atoms with van der Waals surface area (Å²) in [6, 6.07) is 6.99. The normalized spacial score (nSPS) is 11.5. The molecule has 0 aliphatic carbocycles. The van der Waals surface area contributed by atoms with E-state index in [1.165, 1.54) is 10.7 Å². The second-order valence-electron chi connectivity index (χ2n) is 7.59. The number of aryl methyl sites for hydroxylation is 4. The van der Waals surface area contributed by atoms with Gasteiger partial charge >= 0.3 is 0 Å². The summed E-state index contributed by atoms with van der Waals surface area (Å²) in [5, 5.41) is 11.5. The molecule has 0 fully saturated rings. The third-order valence-corrected chi connectivity index (χ3v) is 5.23. The Hall–Kier alpha value is -3.62. The van der Waals surface area contributed by atoms with Gasteiger partial charge < -0.3 is 5.32 Å². The highest BCUT2D eigenvalue weighted by atomic mass is 19.3. The molecule has 4 rings (SSSR count). The van der Waals surface area contributed by atoms with E-state index >= 15 is 0 Å². The van der Waals surface area contributed by atoms with Crippen LogP contribution in [0.25, 0.3) is 22.3 Å². The fourth-order valence-electron chi connectivity index (χ4n) is 3.53. The molecular formula is C22H22F2N6O. The van der Waals surface area contributed by atoms with Gasteiger partial charge in [-0.05, 0) is 50.1 Å². The Kier molecular flexibility index (Phi) is 5.26. The summed E-state index contributed by atoms with van der Waals surface area (Å²) in [7, 11) is 1.74. The average Bonchev–Trinajstić information content (AvgIpc) is 3.27. The fraction of sp³-hybridized carbons (Fsp3) is 0.273. The predicted octanol–water partition coefficient (Wildman–Crippen LogP) is 4.33. The van der Waals surface area contributed by atoms with Crippen LogP contribution in [0, 0.1) is 20.8 Å². The SMILES string of the molecule is Cc1ccc(NC(=O)Cn2nc(C)c3c(C(F)F)cc(-c4cnn(C)c4)nc32)cc1C.